The molecule has 3 N–H and O–H groups in total. The van der Waals surface area contributed by atoms with Crippen LogP contribution in [0.5, 0.6) is 5.75 Å². The van der Waals surface area contributed by atoms with E-state index in [1.54, 1.807) is 23.1 Å². The largest absolute Gasteiger partial charge is 0.490 e. The van der Waals surface area contributed by atoms with Gasteiger partial charge in [0.05, 0.1) is 30.4 Å². The van der Waals surface area contributed by atoms with E-state index in [0.29, 0.717) is 36.7 Å². The van der Waals surface area contributed by atoms with Crippen molar-refractivity contribution in [2.24, 2.45) is 5.92 Å². The van der Waals surface area contributed by atoms with E-state index in [-0.39, 0.29) is 42.7 Å². The molecule has 1 fully saturated rings. The zero-order chi connectivity index (χ0) is 32.2. The number of fused-ring (bicyclic) bond motifs is 1. The summed E-state index contributed by atoms with van der Waals surface area (Å²) in [6.45, 7) is 8.37. The molecule has 0 unspecified atom stereocenters. The van der Waals surface area contributed by atoms with Crippen molar-refractivity contribution in [2.45, 2.75) is 103 Å². The number of likely N-dealkylation sites (N-methyl/N-ethyl adjacent to an activating group) is 1. The average molecular weight is 623 g/mol. The Kier molecular flexibility index (Phi) is 13.5. The molecule has 0 spiro atoms. The second kappa shape index (κ2) is 17.5. The third-order valence-corrected chi connectivity index (χ3v) is 9.04. The number of urea groups is 1. The number of hydrogen-bond acceptors (Lipinski definition) is 6. The van der Waals surface area contributed by atoms with Crippen LogP contribution in [0.4, 0.5) is 10.5 Å². The molecule has 1 aliphatic heterocycles. The number of benzene rings is 2. The minimum atomic E-state index is -0.424. The van der Waals surface area contributed by atoms with Gasteiger partial charge in [-0.2, -0.15) is 0 Å². The van der Waals surface area contributed by atoms with Crippen LogP contribution in [0, 0.1) is 5.92 Å². The van der Waals surface area contributed by atoms with Gasteiger partial charge in [0.2, 0.25) is 0 Å². The molecule has 45 heavy (non-hydrogen) atoms. The van der Waals surface area contributed by atoms with Crippen LogP contribution in [0.3, 0.4) is 0 Å². The molecule has 248 valence electrons. The Morgan fingerprint density at radius 1 is 1.04 bits per heavy atom. The van der Waals surface area contributed by atoms with Crippen LogP contribution in [-0.4, -0.2) is 84.5 Å². The van der Waals surface area contributed by atoms with Crippen LogP contribution >= 0.6 is 0 Å². The van der Waals surface area contributed by atoms with Gasteiger partial charge in [0.25, 0.3) is 5.91 Å². The van der Waals surface area contributed by atoms with Gasteiger partial charge in [-0.1, -0.05) is 56.5 Å². The van der Waals surface area contributed by atoms with E-state index in [9.17, 15) is 14.7 Å². The lowest BCUT2D eigenvalue weighted by Gasteiger charge is -2.36. The standard InChI is InChI=1S/C36H54N4O5/c1-26-22-40(27(2)25-41)35(42)32-21-31(38-36(43)37-30-16-9-6-10-17-30)18-19-33(32)45-28(3)13-11-12-20-44-34(26)24-39(4)23-29-14-7-5-8-15-29/h5,7-8,14-15,18-19,21,26-28,30,34,41H,6,9-13,16-17,20,22-25H2,1-4H3,(H2,37,38,43)/t26-,27+,28+,34+/m0/s1. The van der Waals surface area contributed by atoms with Crippen molar-refractivity contribution in [3.05, 3.63) is 59.7 Å². The van der Waals surface area contributed by atoms with Gasteiger partial charge in [-0.3, -0.25) is 9.69 Å². The van der Waals surface area contributed by atoms with Crippen LogP contribution in [0.1, 0.15) is 88.1 Å². The lowest BCUT2D eigenvalue weighted by Crippen LogP contribution is -2.47. The maximum atomic E-state index is 14.3. The molecule has 9 nitrogen and oxygen atoms in total. The topological polar surface area (TPSA) is 103 Å². The molecule has 4 atom stereocenters. The zero-order valence-electron chi connectivity index (χ0n) is 27.7. The van der Waals surface area contributed by atoms with Crippen molar-refractivity contribution in [1.29, 1.82) is 0 Å². The first kappa shape index (κ1) is 34.7. The lowest BCUT2D eigenvalue weighted by atomic mass is 9.96. The quantitative estimate of drug-likeness (QED) is 0.330. The summed E-state index contributed by atoms with van der Waals surface area (Å²) in [5, 5.41) is 16.3. The van der Waals surface area contributed by atoms with E-state index >= 15 is 0 Å². The Morgan fingerprint density at radius 2 is 1.78 bits per heavy atom. The molecule has 9 heteroatoms. The van der Waals surface area contributed by atoms with Crippen molar-refractivity contribution in [1.82, 2.24) is 15.1 Å². The van der Waals surface area contributed by atoms with E-state index in [2.05, 4.69) is 53.8 Å². The van der Waals surface area contributed by atoms with Gasteiger partial charge in [-0.05, 0) is 76.8 Å². The van der Waals surface area contributed by atoms with E-state index in [1.165, 1.54) is 12.0 Å². The Hall–Kier alpha value is -3.14. The van der Waals surface area contributed by atoms with Crippen LogP contribution in [0.25, 0.3) is 0 Å². The molecule has 1 aliphatic carbocycles. The first-order valence-electron chi connectivity index (χ1n) is 16.9. The highest BCUT2D eigenvalue weighted by molar-refractivity contribution is 5.99. The fraction of sp³-hybridized carbons (Fsp3) is 0.611. The highest BCUT2D eigenvalue weighted by atomic mass is 16.5. The summed E-state index contributed by atoms with van der Waals surface area (Å²) in [5.74, 6) is 0.242. The summed E-state index contributed by atoms with van der Waals surface area (Å²) >= 11 is 0. The zero-order valence-corrected chi connectivity index (χ0v) is 27.7. The number of amides is 3. The summed E-state index contributed by atoms with van der Waals surface area (Å²) in [6, 6.07) is 15.1. The van der Waals surface area contributed by atoms with Crippen LogP contribution < -0.4 is 15.4 Å². The molecule has 0 bridgehead atoms. The van der Waals surface area contributed by atoms with Gasteiger partial charge in [0, 0.05) is 43.9 Å². The van der Waals surface area contributed by atoms with Gasteiger partial charge in [-0.25, -0.2) is 4.79 Å². The molecule has 1 saturated carbocycles. The number of rotatable bonds is 8. The van der Waals surface area contributed by atoms with Gasteiger partial charge in [0.15, 0.2) is 0 Å². The van der Waals surface area contributed by atoms with E-state index in [1.807, 2.05) is 19.9 Å². The maximum Gasteiger partial charge on any atom is 0.319 e. The lowest BCUT2D eigenvalue weighted by molar-refractivity contribution is -0.0177. The summed E-state index contributed by atoms with van der Waals surface area (Å²) in [4.78, 5) is 31.2. The number of aliphatic hydroxyl groups is 1. The number of nitrogens with zero attached hydrogens (tertiary/aromatic N) is 2. The molecule has 0 aromatic heterocycles. The first-order valence-corrected chi connectivity index (χ1v) is 16.9. The van der Waals surface area contributed by atoms with Gasteiger partial charge in [0.1, 0.15) is 5.75 Å². The Morgan fingerprint density at radius 3 is 2.51 bits per heavy atom. The summed E-state index contributed by atoms with van der Waals surface area (Å²) in [5.41, 5.74) is 2.14. The molecule has 4 rings (SSSR count). The normalized spacial score (nSPS) is 23.0. The van der Waals surface area contributed by atoms with Crippen molar-refractivity contribution in [3.63, 3.8) is 0 Å². The Balaban J connectivity index is 1.56. The molecule has 1 heterocycles. The highest BCUT2D eigenvalue weighted by Gasteiger charge is 2.30. The van der Waals surface area contributed by atoms with E-state index in [0.717, 1.165) is 51.5 Å². The summed E-state index contributed by atoms with van der Waals surface area (Å²) < 4.78 is 12.8. The van der Waals surface area contributed by atoms with Gasteiger partial charge in [-0.15, -0.1) is 0 Å². The van der Waals surface area contributed by atoms with Crippen LogP contribution in [0.2, 0.25) is 0 Å². The summed E-state index contributed by atoms with van der Waals surface area (Å²) in [6.07, 6.45) is 7.91. The van der Waals surface area contributed by atoms with Crippen molar-refractivity contribution < 1.29 is 24.2 Å². The molecular weight excluding hydrogens is 568 g/mol. The number of hydrogen-bond donors (Lipinski definition) is 3. The van der Waals surface area contributed by atoms with Crippen molar-refractivity contribution >= 4 is 17.6 Å². The molecule has 2 aliphatic rings. The molecule has 2 aromatic rings. The molecule has 0 radical (unpaired) electrons. The smallest absolute Gasteiger partial charge is 0.319 e. The van der Waals surface area contributed by atoms with Crippen molar-refractivity contribution in [3.8, 4) is 5.75 Å². The number of anilines is 1. The molecule has 0 saturated heterocycles. The number of nitrogens with one attached hydrogen (secondary N) is 2. The predicted molar refractivity (Wildman–Crippen MR) is 179 cm³/mol. The van der Waals surface area contributed by atoms with Crippen LogP contribution in [0.15, 0.2) is 48.5 Å². The number of ether oxygens (including phenoxy) is 2. The van der Waals surface area contributed by atoms with Crippen molar-refractivity contribution in [2.75, 3.05) is 38.7 Å². The van der Waals surface area contributed by atoms with Gasteiger partial charge >= 0.3 is 6.03 Å². The highest BCUT2D eigenvalue weighted by Crippen LogP contribution is 2.29. The fourth-order valence-electron chi connectivity index (χ4n) is 6.33. The van der Waals surface area contributed by atoms with E-state index < -0.39 is 6.04 Å². The third kappa shape index (κ3) is 10.7. The SMILES string of the molecule is C[C@@H]1CCCCO[C@H](CN(C)Cc2ccccc2)[C@@H](C)CN([C@H](C)CO)C(=O)c2cc(NC(=O)NC3CCCCC3)ccc2O1. The second-order valence-corrected chi connectivity index (χ2v) is 13.1. The monoisotopic (exact) mass is 622 g/mol. The Labute approximate surface area is 269 Å². The minimum Gasteiger partial charge on any atom is -0.490 e. The molecule has 3 amide bonds. The average Bonchev–Trinajstić information content (AvgIpc) is 3.03. The first-order chi connectivity index (χ1) is 21.7. The molecular formula is C36H54N4O5. The Bertz CT molecular complexity index is 1210. The second-order valence-electron chi connectivity index (χ2n) is 13.1. The minimum absolute atomic E-state index is 0.00464. The third-order valence-electron chi connectivity index (χ3n) is 9.04. The maximum absolute atomic E-state index is 14.3. The van der Waals surface area contributed by atoms with Crippen LogP contribution in [-0.2, 0) is 11.3 Å². The fourth-order valence-corrected chi connectivity index (χ4v) is 6.33. The molecule has 2 aromatic carbocycles. The number of carbonyl (C=O) groups excluding carboxylic acids is 2. The van der Waals surface area contributed by atoms with Gasteiger partial charge < -0.3 is 30.1 Å². The van der Waals surface area contributed by atoms with E-state index in [4.69, 9.17) is 9.47 Å². The summed E-state index contributed by atoms with van der Waals surface area (Å²) in [7, 11) is 2.10. The number of carbonyl (C=O) groups is 2. The predicted octanol–water partition coefficient (Wildman–Crippen LogP) is 6.07. The number of aliphatic hydroxyl groups excluding tert-OH is 1.